The SMILES string of the molecule is CCC(C)NC(=O)C1=CCN(S(C)(=O)=O)C1. The third-order valence-electron chi connectivity index (χ3n) is 2.64. The van der Waals surface area contributed by atoms with Gasteiger partial charge in [-0.25, -0.2) is 8.42 Å². The number of hydrogen-bond donors (Lipinski definition) is 1. The van der Waals surface area contributed by atoms with Crippen molar-refractivity contribution in [2.75, 3.05) is 19.3 Å². The fourth-order valence-electron chi connectivity index (χ4n) is 1.37. The van der Waals surface area contributed by atoms with Crippen molar-refractivity contribution in [1.82, 2.24) is 9.62 Å². The molecule has 1 rings (SSSR count). The molecule has 5 nitrogen and oxygen atoms in total. The largest absolute Gasteiger partial charge is 0.350 e. The number of carbonyl (C=O) groups excluding carboxylic acids is 1. The lowest BCUT2D eigenvalue weighted by Gasteiger charge is -2.14. The lowest BCUT2D eigenvalue weighted by molar-refractivity contribution is -0.118. The zero-order chi connectivity index (χ0) is 12.3. The number of nitrogens with one attached hydrogen (secondary N) is 1. The van der Waals surface area contributed by atoms with Gasteiger partial charge in [-0.1, -0.05) is 13.0 Å². The maximum atomic E-state index is 11.7. The molecule has 0 aromatic heterocycles. The summed E-state index contributed by atoms with van der Waals surface area (Å²) in [5, 5.41) is 2.81. The molecule has 0 fully saturated rings. The molecule has 92 valence electrons. The zero-order valence-corrected chi connectivity index (χ0v) is 10.7. The molecule has 0 bridgehead atoms. The minimum absolute atomic E-state index is 0.112. The van der Waals surface area contributed by atoms with Gasteiger partial charge in [0.15, 0.2) is 0 Å². The Kier molecular flexibility index (Phi) is 4.09. The van der Waals surface area contributed by atoms with Crippen LogP contribution in [0, 0.1) is 0 Å². The van der Waals surface area contributed by atoms with E-state index in [4.69, 9.17) is 0 Å². The Balaban J connectivity index is 2.56. The van der Waals surface area contributed by atoms with Gasteiger partial charge in [0.1, 0.15) is 0 Å². The molecule has 16 heavy (non-hydrogen) atoms. The Morgan fingerprint density at radius 2 is 2.25 bits per heavy atom. The monoisotopic (exact) mass is 246 g/mol. The summed E-state index contributed by atoms with van der Waals surface area (Å²) >= 11 is 0. The molecule has 1 atom stereocenters. The summed E-state index contributed by atoms with van der Waals surface area (Å²) in [4.78, 5) is 11.7. The summed E-state index contributed by atoms with van der Waals surface area (Å²) in [6, 6.07) is 0.112. The van der Waals surface area contributed by atoms with Crippen molar-refractivity contribution in [1.29, 1.82) is 0 Å². The van der Waals surface area contributed by atoms with Crippen molar-refractivity contribution < 1.29 is 13.2 Å². The van der Waals surface area contributed by atoms with E-state index in [-0.39, 0.29) is 18.5 Å². The molecule has 1 N–H and O–H groups in total. The second kappa shape index (κ2) is 4.97. The predicted octanol–water partition coefficient (Wildman–Crippen LogP) is 0.103. The van der Waals surface area contributed by atoms with Crippen LogP contribution in [0.2, 0.25) is 0 Å². The van der Waals surface area contributed by atoms with Crippen molar-refractivity contribution in [2.45, 2.75) is 26.3 Å². The Morgan fingerprint density at radius 1 is 1.62 bits per heavy atom. The molecule has 1 amide bonds. The van der Waals surface area contributed by atoms with E-state index in [0.29, 0.717) is 12.1 Å². The van der Waals surface area contributed by atoms with Gasteiger partial charge < -0.3 is 5.32 Å². The molecule has 6 heteroatoms. The summed E-state index contributed by atoms with van der Waals surface area (Å²) in [5.41, 5.74) is 0.533. The Labute approximate surface area is 96.6 Å². The minimum atomic E-state index is -3.20. The molecule has 0 aromatic carbocycles. The van der Waals surface area contributed by atoms with Crippen molar-refractivity contribution in [3.63, 3.8) is 0 Å². The van der Waals surface area contributed by atoms with E-state index in [1.54, 1.807) is 6.08 Å². The highest BCUT2D eigenvalue weighted by molar-refractivity contribution is 7.88. The smallest absolute Gasteiger partial charge is 0.248 e. The second-order valence-corrected chi connectivity index (χ2v) is 6.05. The Hall–Kier alpha value is -0.880. The van der Waals surface area contributed by atoms with E-state index in [2.05, 4.69) is 5.32 Å². The molecule has 0 aliphatic carbocycles. The van der Waals surface area contributed by atoms with Crippen LogP contribution in [-0.4, -0.2) is 44.0 Å². The highest BCUT2D eigenvalue weighted by Gasteiger charge is 2.25. The van der Waals surface area contributed by atoms with Crippen LogP contribution in [0.5, 0.6) is 0 Å². The molecule has 0 aromatic rings. The highest BCUT2D eigenvalue weighted by Crippen LogP contribution is 2.12. The maximum absolute atomic E-state index is 11.7. The topological polar surface area (TPSA) is 66.5 Å². The quantitative estimate of drug-likeness (QED) is 0.765. The van der Waals surface area contributed by atoms with E-state index in [0.717, 1.165) is 12.7 Å². The lowest BCUT2D eigenvalue weighted by atomic mass is 10.2. The van der Waals surface area contributed by atoms with Crippen LogP contribution in [0.1, 0.15) is 20.3 Å². The first kappa shape index (κ1) is 13.2. The molecule has 1 aliphatic heterocycles. The van der Waals surface area contributed by atoms with E-state index in [9.17, 15) is 13.2 Å². The van der Waals surface area contributed by atoms with Gasteiger partial charge in [0.2, 0.25) is 15.9 Å². The molecule has 1 aliphatic rings. The molecule has 1 unspecified atom stereocenters. The number of hydrogen-bond acceptors (Lipinski definition) is 3. The van der Waals surface area contributed by atoms with Crippen LogP contribution in [0.3, 0.4) is 0 Å². The van der Waals surface area contributed by atoms with Gasteiger partial charge in [-0.3, -0.25) is 4.79 Å². The summed E-state index contributed by atoms with van der Waals surface area (Å²) in [6.07, 6.45) is 3.67. The number of carbonyl (C=O) groups is 1. The van der Waals surface area contributed by atoms with Crippen LogP contribution in [0.25, 0.3) is 0 Å². The standard InChI is InChI=1S/C10H18N2O3S/c1-4-8(2)11-10(13)9-5-6-12(7-9)16(3,14)15/h5,8H,4,6-7H2,1-3H3,(H,11,13). The minimum Gasteiger partial charge on any atom is -0.350 e. The van der Waals surface area contributed by atoms with E-state index < -0.39 is 10.0 Å². The molecule has 1 heterocycles. The van der Waals surface area contributed by atoms with Crippen LogP contribution in [0.4, 0.5) is 0 Å². The number of nitrogens with zero attached hydrogens (tertiary/aromatic N) is 1. The van der Waals surface area contributed by atoms with Gasteiger partial charge in [0, 0.05) is 24.7 Å². The first-order valence-corrected chi connectivity index (χ1v) is 7.14. The summed E-state index contributed by atoms with van der Waals surface area (Å²) in [5.74, 6) is -0.166. The maximum Gasteiger partial charge on any atom is 0.248 e. The van der Waals surface area contributed by atoms with Gasteiger partial charge in [-0.2, -0.15) is 4.31 Å². The van der Waals surface area contributed by atoms with E-state index in [1.807, 2.05) is 13.8 Å². The van der Waals surface area contributed by atoms with Gasteiger partial charge in [0.05, 0.1) is 6.26 Å². The van der Waals surface area contributed by atoms with Crippen molar-refractivity contribution >= 4 is 15.9 Å². The summed E-state index contributed by atoms with van der Waals surface area (Å²) < 4.78 is 23.8. The Morgan fingerprint density at radius 3 is 2.69 bits per heavy atom. The molecule has 0 saturated carbocycles. The van der Waals surface area contributed by atoms with E-state index >= 15 is 0 Å². The molecule has 0 spiro atoms. The summed E-state index contributed by atoms with van der Waals surface area (Å²) in [7, 11) is -3.20. The summed E-state index contributed by atoms with van der Waals surface area (Å²) in [6.45, 7) is 4.38. The second-order valence-electron chi connectivity index (χ2n) is 4.07. The normalized spacial score (nSPS) is 19.3. The zero-order valence-electron chi connectivity index (χ0n) is 9.86. The van der Waals surface area contributed by atoms with Crippen molar-refractivity contribution in [2.24, 2.45) is 0 Å². The van der Waals surface area contributed by atoms with E-state index in [1.165, 1.54) is 4.31 Å². The number of sulfonamides is 1. The van der Waals surface area contributed by atoms with Crippen LogP contribution in [-0.2, 0) is 14.8 Å². The van der Waals surface area contributed by atoms with Crippen molar-refractivity contribution in [3.8, 4) is 0 Å². The third-order valence-corrected chi connectivity index (χ3v) is 3.85. The van der Waals surface area contributed by atoms with Crippen LogP contribution in [0.15, 0.2) is 11.6 Å². The molecular formula is C10H18N2O3S. The van der Waals surface area contributed by atoms with Crippen molar-refractivity contribution in [3.05, 3.63) is 11.6 Å². The molecule has 0 radical (unpaired) electrons. The van der Waals surface area contributed by atoms with Gasteiger partial charge in [0.25, 0.3) is 0 Å². The average molecular weight is 246 g/mol. The Bertz CT molecular complexity index is 400. The lowest BCUT2D eigenvalue weighted by Crippen LogP contribution is -2.35. The number of rotatable bonds is 4. The highest BCUT2D eigenvalue weighted by atomic mass is 32.2. The molecule has 0 saturated heterocycles. The first-order valence-electron chi connectivity index (χ1n) is 5.29. The van der Waals surface area contributed by atoms with Gasteiger partial charge in [-0.05, 0) is 13.3 Å². The van der Waals surface area contributed by atoms with Crippen LogP contribution < -0.4 is 5.32 Å². The molecular weight excluding hydrogens is 228 g/mol. The fourth-order valence-corrected chi connectivity index (χ4v) is 2.09. The van der Waals surface area contributed by atoms with Gasteiger partial charge >= 0.3 is 0 Å². The third kappa shape index (κ3) is 3.31. The number of amides is 1. The van der Waals surface area contributed by atoms with Gasteiger partial charge in [-0.15, -0.1) is 0 Å². The first-order chi connectivity index (χ1) is 7.34. The predicted molar refractivity (Wildman–Crippen MR) is 62.4 cm³/mol. The van der Waals surface area contributed by atoms with Crippen LogP contribution >= 0.6 is 0 Å². The average Bonchev–Trinajstić information content (AvgIpc) is 2.65. The fraction of sp³-hybridized carbons (Fsp3) is 0.700.